The van der Waals surface area contributed by atoms with Crippen molar-refractivity contribution in [2.75, 3.05) is 26.8 Å². The number of esters is 1. The molecule has 3 rings (SSSR count). The normalized spacial score (nSPS) is 18.4. The molecule has 0 saturated heterocycles. The summed E-state index contributed by atoms with van der Waals surface area (Å²) in [5, 5.41) is 0. The number of carbonyl (C=O) groups excluding carboxylic acids is 1. The Labute approximate surface area is 154 Å². The lowest BCUT2D eigenvalue weighted by atomic mass is 9.98. The molecule has 1 aromatic carbocycles. The van der Waals surface area contributed by atoms with Gasteiger partial charge in [0.05, 0.1) is 18.1 Å². The van der Waals surface area contributed by atoms with Crippen molar-refractivity contribution in [3.63, 3.8) is 0 Å². The molecule has 1 saturated carbocycles. The number of carbonyl (C=O) groups is 1. The van der Waals surface area contributed by atoms with Gasteiger partial charge in [0, 0.05) is 19.5 Å². The summed E-state index contributed by atoms with van der Waals surface area (Å²) in [4.78, 5) is 12.2. The maximum absolute atomic E-state index is 12.8. The standard InChI is InChI=1S/C18H25NO6S/c1-19(13-18(20)25-14-6-3-2-4-7-14)26(21,22)15-8-9-16-17(12-15)24-11-5-10-23-16/h8-9,12,14H,2-7,10-11,13H2,1H3. The van der Waals surface area contributed by atoms with E-state index in [0.717, 1.165) is 42.8 Å². The minimum atomic E-state index is -3.82. The quantitative estimate of drug-likeness (QED) is 0.726. The van der Waals surface area contributed by atoms with Crippen molar-refractivity contribution < 1.29 is 27.4 Å². The van der Waals surface area contributed by atoms with Gasteiger partial charge in [-0.1, -0.05) is 6.42 Å². The average molecular weight is 383 g/mol. The first kappa shape index (κ1) is 19.0. The van der Waals surface area contributed by atoms with E-state index >= 15 is 0 Å². The zero-order valence-electron chi connectivity index (χ0n) is 15.0. The molecule has 1 heterocycles. The molecular formula is C18H25NO6S. The number of likely N-dealkylation sites (N-methyl/N-ethyl adjacent to an activating group) is 1. The van der Waals surface area contributed by atoms with E-state index in [-0.39, 0.29) is 17.5 Å². The molecule has 0 unspecified atom stereocenters. The molecular weight excluding hydrogens is 358 g/mol. The van der Waals surface area contributed by atoms with E-state index in [1.54, 1.807) is 6.07 Å². The molecule has 0 aromatic heterocycles. The van der Waals surface area contributed by atoms with Gasteiger partial charge in [0.15, 0.2) is 11.5 Å². The molecule has 2 aliphatic rings. The molecule has 26 heavy (non-hydrogen) atoms. The summed E-state index contributed by atoms with van der Waals surface area (Å²) in [6.07, 6.45) is 5.60. The molecule has 8 heteroatoms. The van der Waals surface area contributed by atoms with E-state index < -0.39 is 16.0 Å². The summed E-state index contributed by atoms with van der Waals surface area (Å²) >= 11 is 0. The van der Waals surface area contributed by atoms with Gasteiger partial charge in [0.2, 0.25) is 10.0 Å². The minimum Gasteiger partial charge on any atom is -0.490 e. The number of rotatable bonds is 5. The van der Waals surface area contributed by atoms with Crippen molar-refractivity contribution in [3.05, 3.63) is 18.2 Å². The summed E-state index contributed by atoms with van der Waals surface area (Å²) in [7, 11) is -2.45. The lowest BCUT2D eigenvalue weighted by molar-refractivity contribution is -0.150. The molecule has 1 aromatic rings. The van der Waals surface area contributed by atoms with Gasteiger partial charge in [-0.3, -0.25) is 4.79 Å². The second-order valence-electron chi connectivity index (χ2n) is 6.67. The predicted octanol–water partition coefficient (Wildman–Crippen LogP) is 2.34. The maximum atomic E-state index is 12.8. The number of ether oxygens (including phenoxy) is 3. The van der Waals surface area contributed by atoms with Gasteiger partial charge in [-0.05, 0) is 37.8 Å². The first-order valence-electron chi connectivity index (χ1n) is 9.02. The summed E-state index contributed by atoms with van der Waals surface area (Å²) in [5.74, 6) is 0.417. The summed E-state index contributed by atoms with van der Waals surface area (Å²) in [6.45, 7) is 0.694. The van der Waals surface area contributed by atoms with Crippen LogP contribution >= 0.6 is 0 Å². The van der Waals surface area contributed by atoms with Gasteiger partial charge in [-0.25, -0.2) is 8.42 Å². The first-order chi connectivity index (χ1) is 12.5. The largest absolute Gasteiger partial charge is 0.490 e. The molecule has 7 nitrogen and oxygen atoms in total. The zero-order valence-corrected chi connectivity index (χ0v) is 15.8. The fourth-order valence-corrected chi connectivity index (χ4v) is 4.29. The van der Waals surface area contributed by atoms with Crippen LogP contribution in [0.25, 0.3) is 0 Å². The van der Waals surface area contributed by atoms with Gasteiger partial charge in [0.1, 0.15) is 12.6 Å². The third-order valence-corrected chi connectivity index (χ3v) is 6.43. The van der Waals surface area contributed by atoms with Crippen LogP contribution in [0.15, 0.2) is 23.1 Å². The van der Waals surface area contributed by atoms with Crippen molar-refractivity contribution in [1.82, 2.24) is 4.31 Å². The van der Waals surface area contributed by atoms with Crippen LogP contribution in [-0.2, 0) is 19.6 Å². The van der Waals surface area contributed by atoms with E-state index in [2.05, 4.69) is 0 Å². The topological polar surface area (TPSA) is 82.1 Å². The Morgan fingerprint density at radius 3 is 2.54 bits per heavy atom. The van der Waals surface area contributed by atoms with Crippen LogP contribution in [0.5, 0.6) is 11.5 Å². The number of hydrogen-bond acceptors (Lipinski definition) is 6. The van der Waals surface area contributed by atoms with Gasteiger partial charge in [-0.2, -0.15) is 4.31 Å². The molecule has 1 aliphatic carbocycles. The van der Waals surface area contributed by atoms with Crippen LogP contribution in [0, 0.1) is 0 Å². The molecule has 1 aliphatic heterocycles. The molecule has 1 fully saturated rings. The summed E-state index contributed by atoms with van der Waals surface area (Å²) in [6, 6.07) is 4.49. The predicted molar refractivity (Wildman–Crippen MR) is 94.8 cm³/mol. The summed E-state index contributed by atoms with van der Waals surface area (Å²) in [5.41, 5.74) is 0. The average Bonchev–Trinajstić information content (AvgIpc) is 2.87. The SMILES string of the molecule is CN(CC(=O)OC1CCCCC1)S(=O)(=O)c1ccc2c(c1)OCCCO2. The number of benzene rings is 1. The first-order valence-corrected chi connectivity index (χ1v) is 10.5. The highest BCUT2D eigenvalue weighted by Gasteiger charge is 2.27. The minimum absolute atomic E-state index is 0.0646. The zero-order chi connectivity index (χ0) is 18.6. The van der Waals surface area contributed by atoms with Crippen molar-refractivity contribution in [1.29, 1.82) is 0 Å². The number of fused-ring (bicyclic) bond motifs is 1. The fourth-order valence-electron chi connectivity index (χ4n) is 3.16. The van der Waals surface area contributed by atoms with Crippen molar-refractivity contribution >= 4 is 16.0 Å². The Kier molecular flexibility index (Phi) is 6.03. The van der Waals surface area contributed by atoms with Gasteiger partial charge >= 0.3 is 5.97 Å². The molecule has 0 radical (unpaired) electrons. The Morgan fingerprint density at radius 2 is 1.81 bits per heavy atom. The van der Waals surface area contributed by atoms with Crippen LogP contribution in [0.2, 0.25) is 0 Å². The molecule has 0 N–H and O–H groups in total. The van der Waals surface area contributed by atoms with E-state index in [0.29, 0.717) is 24.7 Å². The van der Waals surface area contributed by atoms with Crippen LogP contribution in [0.3, 0.4) is 0 Å². The lowest BCUT2D eigenvalue weighted by Crippen LogP contribution is -2.35. The Bertz CT molecular complexity index is 742. The molecule has 0 bridgehead atoms. The Balaban J connectivity index is 1.66. The van der Waals surface area contributed by atoms with Crippen LogP contribution < -0.4 is 9.47 Å². The van der Waals surface area contributed by atoms with Crippen LogP contribution in [0.4, 0.5) is 0 Å². The van der Waals surface area contributed by atoms with Crippen LogP contribution in [0.1, 0.15) is 38.5 Å². The van der Waals surface area contributed by atoms with Crippen molar-refractivity contribution in [2.45, 2.75) is 49.5 Å². The highest BCUT2D eigenvalue weighted by atomic mass is 32.2. The highest BCUT2D eigenvalue weighted by molar-refractivity contribution is 7.89. The summed E-state index contributed by atoms with van der Waals surface area (Å²) < 4.78 is 43.0. The second kappa shape index (κ2) is 8.26. The van der Waals surface area contributed by atoms with E-state index in [4.69, 9.17) is 14.2 Å². The lowest BCUT2D eigenvalue weighted by Gasteiger charge is -2.23. The van der Waals surface area contributed by atoms with Gasteiger partial charge in [-0.15, -0.1) is 0 Å². The molecule has 0 atom stereocenters. The third kappa shape index (κ3) is 4.48. The third-order valence-electron chi connectivity index (χ3n) is 4.63. The number of sulfonamides is 1. The molecule has 144 valence electrons. The van der Waals surface area contributed by atoms with Gasteiger partial charge in [0.25, 0.3) is 0 Å². The van der Waals surface area contributed by atoms with E-state index in [1.165, 1.54) is 19.2 Å². The maximum Gasteiger partial charge on any atom is 0.321 e. The molecule has 0 amide bonds. The number of nitrogens with zero attached hydrogens (tertiary/aromatic N) is 1. The number of hydrogen-bond donors (Lipinski definition) is 0. The Morgan fingerprint density at radius 1 is 1.12 bits per heavy atom. The molecule has 0 spiro atoms. The smallest absolute Gasteiger partial charge is 0.321 e. The van der Waals surface area contributed by atoms with E-state index in [9.17, 15) is 13.2 Å². The fraction of sp³-hybridized carbons (Fsp3) is 0.611. The Hall–Kier alpha value is -1.80. The van der Waals surface area contributed by atoms with Crippen molar-refractivity contribution in [3.8, 4) is 11.5 Å². The van der Waals surface area contributed by atoms with Crippen molar-refractivity contribution in [2.24, 2.45) is 0 Å². The second-order valence-corrected chi connectivity index (χ2v) is 8.71. The van der Waals surface area contributed by atoms with Gasteiger partial charge < -0.3 is 14.2 Å². The van der Waals surface area contributed by atoms with E-state index in [1.807, 2.05) is 0 Å². The monoisotopic (exact) mass is 383 g/mol. The van der Waals surface area contributed by atoms with Crippen LogP contribution in [-0.4, -0.2) is 51.6 Å². The highest BCUT2D eigenvalue weighted by Crippen LogP contribution is 2.32.